The number of rotatable bonds is 5. The summed E-state index contributed by atoms with van der Waals surface area (Å²) in [6, 6.07) is 3.73. The highest BCUT2D eigenvalue weighted by Gasteiger charge is 2.73. The fraction of sp³-hybridized carbons (Fsp3) is 0.643. The Morgan fingerprint density at radius 2 is 1.94 bits per heavy atom. The molecule has 4 atom stereocenters. The van der Waals surface area contributed by atoms with E-state index in [4.69, 9.17) is 14.2 Å². The minimum Gasteiger partial charge on any atom is -0.507 e. The number of aryl methyl sites for hydroxylation is 1. The highest BCUT2D eigenvalue weighted by Crippen LogP contribution is 2.69. The molecule has 5 nitrogen and oxygen atoms in total. The van der Waals surface area contributed by atoms with Crippen LogP contribution in [0.25, 0.3) is 0 Å². The quantitative estimate of drug-likeness (QED) is 0.547. The summed E-state index contributed by atoms with van der Waals surface area (Å²) in [7, 11) is 1.64. The second kappa shape index (κ2) is 8.06. The van der Waals surface area contributed by atoms with Crippen molar-refractivity contribution in [3.8, 4) is 11.5 Å². The Morgan fingerprint density at radius 1 is 1.21 bits per heavy atom. The maximum Gasteiger partial charge on any atom is 0.224 e. The molecule has 182 valence electrons. The third-order valence-electron chi connectivity index (χ3n) is 8.95. The summed E-state index contributed by atoms with van der Waals surface area (Å²) in [6.07, 6.45) is 8.43. The normalized spacial score (nSPS) is 35.3. The van der Waals surface area contributed by atoms with Gasteiger partial charge in [-0.15, -0.1) is 0 Å². The van der Waals surface area contributed by atoms with Crippen LogP contribution in [-0.2, 0) is 15.9 Å². The van der Waals surface area contributed by atoms with Gasteiger partial charge in [-0.05, 0) is 56.9 Å². The van der Waals surface area contributed by atoms with Gasteiger partial charge in [0.2, 0.25) is 5.79 Å². The van der Waals surface area contributed by atoms with Gasteiger partial charge in [0.15, 0.2) is 0 Å². The average molecular weight is 457 g/mol. The van der Waals surface area contributed by atoms with Gasteiger partial charge in [0, 0.05) is 22.8 Å². The van der Waals surface area contributed by atoms with Crippen molar-refractivity contribution in [3.05, 3.63) is 46.7 Å². The number of fused-ring (bicyclic) bond motifs is 2. The standard InChI is InChI=1S/C28H40O5/c1-18(9-10-20-15-21(31-7)14-19(2)24(20)30)13-22-16-26(5)11-8-12-27(26,6)28(33-22)25(3,4)23(29)17-32-28/h9,14-16,23,29-30H,8,10-13,17H2,1-7H3/b18-9+/t23-,26+,27+,28+/m0/s1. The van der Waals surface area contributed by atoms with E-state index in [1.54, 1.807) is 7.11 Å². The topological polar surface area (TPSA) is 68.2 Å². The number of aliphatic hydroxyl groups is 1. The van der Waals surface area contributed by atoms with Gasteiger partial charge in [-0.25, -0.2) is 0 Å². The van der Waals surface area contributed by atoms with Gasteiger partial charge in [-0.3, -0.25) is 0 Å². The zero-order valence-electron chi connectivity index (χ0n) is 21.2. The van der Waals surface area contributed by atoms with E-state index in [0.717, 1.165) is 47.5 Å². The second-order valence-corrected chi connectivity index (χ2v) is 11.4. The minimum absolute atomic E-state index is 0.0512. The number of allylic oxidation sites excluding steroid dienone is 3. The molecule has 1 saturated heterocycles. The molecule has 0 radical (unpaired) electrons. The predicted molar refractivity (Wildman–Crippen MR) is 129 cm³/mol. The lowest BCUT2D eigenvalue weighted by atomic mass is 9.55. The summed E-state index contributed by atoms with van der Waals surface area (Å²) in [6.45, 7) is 13.0. The van der Waals surface area contributed by atoms with E-state index in [9.17, 15) is 10.2 Å². The van der Waals surface area contributed by atoms with Crippen molar-refractivity contribution in [2.75, 3.05) is 13.7 Å². The van der Waals surface area contributed by atoms with Crippen LogP contribution in [0.4, 0.5) is 0 Å². The molecule has 1 aliphatic carbocycles. The molecule has 1 aromatic carbocycles. The fourth-order valence-electron chi connectivity index (χ4n) is 6.47. The number of hydrogen-bond donors (Lipinski definition) is 2. The van der Waals surface area contributed by atoms with Gasteiger partial charge in [0.25, 0.3) is 0 Å². The molecule has 1 spiro atoms. The van der Waals surface area contributed by atoms with E-state index in [0.29, 0.717) is 25.2 Å². The van der Waals surface area contributed by atoms with Crippen LogP contribution < -0.4 is 4.74 Å². The first kappa shape index (κ1) is 24.2. The average Bonchev–Trinajstić information content (AvgIpc) is 3.18. The van der Waals surface area contributed by atoms with Gasteiger partial charge in [0.05, 0.1) is 25.2 Å². The molecule has 1 aromatic rings. The zero-order valence-corrected chi connectivity index (χ0v) is 21.2. The molecule has 0 bridgehead atoms. The lowest BCUT2D eigenvalue weighted by Crippen LogP contribution is -2.63. The third kappa shape index (κ3) is 3.50. The molecule has 4 rings (SSSR count). The van der Waals surface area contributed by atoms with Crippen LogP contribution in [0.1, 0.15) is 71.4 Å². The van der Waals surface area contributed by atoms with Crippen LogP contribution >= 0.6 is 0 Å². The van der Waals surface area contributed by atoms with E-state index in [-0.39, 0.29) is 10.8 Å². The molecule has 33 heavy (non-hydrogen) atoms. The van der Waals surface area contributed by atoms with Crippen LogP contribution in [0.5, 0.6) is 11.5 Å². The van der Waals surface area contributed by atoms with Gasteiger partial charge in [0.1, 0.15) is 17.3 Å². The monoisotopic (exact) mass is 456 g/mol. The number of aromatic hydroxyl groups is 1. The van der Waals surface area contributed by atoms with E-state index in [1.165, 1.54) is 0 Å². The summed E-state index contributed by atoms with van der Waals surface area (Å²) in [4.78, 5) is 0. The third-order valence-corrected chi connectivity index (χ3v) is 8.95. The largest absolute Gasteiger partial charge is 0.507 e. The molecule has 3 aliphatic rings. The lowest BCUT2D eigenvalue weighted by molar-refractivity contribution is -0.324. The van der Waals surface area contributed by atoms with Crippen molar-refractivity contribution >= 4 is 0 Å². The molecule has 0 aromatic heterocycles. The molecular formula is C28H40O5. The predicted octanol–water partition coefficient (Wildman–Crippen LogP) is 5.81. The van der Waals surface area contributed by atoms with E-state index >= 15 is 0 Å². The van der Waals surface area contributed by atoms with Crippen LogP contribution in [0.15, 0.2) is 35.6 Å². The highest BCUT2D eigenvalue weighted by atomic mass is 16.7. The number of hydrogen-bond acceptors (Lipinski definition) is 5. The molecule has 1 saturated carbocycles. The van der Waals surface area contributed by atoms with E-state index < -0.39 is 17.3 Å². The van der Waals surface area contributed by atoms with Crippen molar-refractivity contribution in [2.24, 2.45) is 16.2 Å². The van der Waals surface area contributed by atoms with Crippen molar-refractivity contribution in [1.29, 1.82) is 0 Å². The SMILES string of the molecule is COc1cc(C)c(O)c(C/C=C(\C)CC2=C[C@@]3(C)CCC[C@@]3(C)[C@]3(OC[C@H](O)C3(C)C)O2)c1. The highest BCUT2D eigenvalue weighted by molar-refractivity contribution is 5.46. The first-order valence-electron chi connectivity index (χ1n) is 12.1. The summed E-state index contributed by atoms with van der Waals surface area (Å²) < 4.78 is 18.5. The van der Waals surface area contributed by atoms with E-state index in [2.05, 4.69) is 46.8 Å². The summed E-state index contributed by atoms with van der Waals surface area (Å²) in [5.74, 6) is 1.13. The Balaban J connectivity index is 1.62. The summed E-state index contributed by atoms with van der Waals surface area (Å²) >= 11 is 0. The molecule has 0 unspecified atom stereocenters. The molecule has 2 heterocycles. The van der Waals surface area contributed by atoms with Crippen LogP contribution in [0, 0.1) is 23.2 Å². The van der Waals surface area contributed by atoms with Gasteiger partial charge >= 0.3 is 0 Å². The number of phenolic OH excluding ortho intramolecular Hbond substituents is 1. The maximum atomic E-state index is 10.8. The fourth-order valence-corrected chi connectivity index (χ4v) is 6.47. The Hall–Kier alpha value is -1.98. The number of methoxy groups -OCH3 is 1. The molecular weight excluding hydrogens is 416 g/mol. The van der Waals surface area contributed by atoms with Gasteiger partial charge < -0.3 is 24.4 Å². The molecule has 0 amide bonds. The number of benzene rings is 1. The molecule has 2 fully saturated rings. The second-order valence-electron chi connectivity index (χ2n) is 11.4. The minimum atomic E-state index is -0.850. The van der Waals surface area contributed by atoms with E-state index in [1.807, 2.05) is 19.1 Å². The molecule has 2 N–H and O–H groups in total. The Morgan fingerprint density at radius 3 is 2.58 bits per heavy atom. The Bertz CT molecular complexity index is 992. The van der Waals surface area contributed by atoms with Crippen molar-refractivity contribution < 1.29 is 24.4 Å². The van der Waals surface area contributed by atoms with Gasteiger partial charge in [-0.1, -0.05) is 45.8 Å². The van der Waals surface area contributed by atoms with Crippen molar-refractivity contribution in [1.82, 2.24) is 0 Å². The maximum absolute atomic E-state index is 10.8. The number of phenols is 1. The van der Waals surface area contributed by atoms with Gasteiger partial charge in [-0.2, -0.15) is 0 Å². The summed E-state index contributed by atoms with van der Waals surface area (Å²) in [5.41, 5.74) is 2.05. The van der Waals surface area contributed by atoms with Crippen LogP contribution in [0.3, 0.4) is 0 Å². The van der Waals surface area contributed by atoms with Crippen LogP contribution in [0.2, 0.25) is 0 Å². The lowest BCUT2D eigenvalue weighted by Gasteiger charge is -2.59. The Kier molecular flexibility index (Phi) is 5.90. The first-order chi connectivity index (χ1) is 15.4. The van der Waals surface area contributed by atoms with Crippen LogP contribution in [-0.4, -0.2) is 35.8 Å². The number of ether oxygens (including phenoxy) is 3. The van der Waals surface area contributed by atoms with Crippen molar-refractivity contribution in [3.63, 3.8) is 0 Å². The summed E-state index contributed by atoms with van der Waals surface area (Å²) in [5, 5.41) is 21.3. The molecule has 5 heteroatoms. The molecule has 2 aliphatic heterocycles. The first-order valence-corrected chi connectivity index (χ1v) is 12.1. The zero-order chi connectivity index (χ0) is 24.2. The Labute approximate surface area is 198 Å². The van der Waals surface area contributed by atoms with Crippen molar-refractivity contribution in [2.45, 2.75) is 85.5 Å². The number of aliphatic hydroxyl groups excluding tert-OH is 1. The smallest absolute Gasteiger partial charge is 0.224 e.